The summed E-state index contributed by atoms with van der Waals surface area (Å²) in [6.45, 7) is 1.57. The van der Waals surface area contributed by atoms with Crippen molar-refractivity contribution in [3.63, 3.8) is 0 Å². The van der Waals surface area contributed by atoms with E-state index in [0.717, 1.165) is 5.56 Å². The van der Waals surface area contributed by atoms with Gasteiger partial charge in [0, 0.05) is 0 Å². The number of halogens is 2. The Bertz CT molecular complexity index is 218. The Balaban J connectivity index is 2.93. The molecular weight excluding hydrogens is 254 g/mol. The van der Waals surface area contributed by atoms with E-state index in [1.807, 2.05) is 37.3 Å². The lowest BCUT2D eigenvalue weighted by molar-refractivity contribution is 0.434. The molecule has 0 nitrogen and oxygen atoms in total. The van der Waals surface area contributed by atoms with E-state index in [9.17, 15) is 4.39 Å². The number of alkyl halides is 2. The van der Waals surface area contributed by atoms with E-state index in [4.69, 9.17) is 0 Å². The van der Waals surface area contributed by atoms with Crippen LogP contribution in [0.5, 0.6) is 0 Å². The Morgan fingerprint density at radius 2 is 1.91 bits per heavy atom. The van der Waals surface area contributed by atoms with E-state index in [0.29, 0.717) is 0 Å². The molecule has 2 heteroatoms. The Morgan fingerprint density at radius 3 is 2.36 bits per heavy atom. The fourth-order valence-electron chi connectivity index (χ4n) is 0.863. The minimum atomic E-state index is -0.362. The molecule has 11 heavy (non-hydrogen) atoms. The predicted molar refractivity (Wildman–Crippen MR) is 53.8 cm³/mol. The van der Waals surface area contributed by atoms with Gasteiger partial charge in [-0.1, -0.05) is 52.9 Å². The molecule has 0 aliphatic carbocycles. The molecular formula is C9H10FI. The summed E-state index contributed by atoms with van der Waals surface area (Å²) < 4.78 is 12.1. The van der Waals surface area contributed by atoms with Crippen LogP contribution in [0.25, 0.3) is 0 Å². The third-order valence-electron chi connectivity index (χ3n) is 1.63. The Kier molecular flexibility index (Phi) is 2.87. The largest absolute Gasteiger partial charge is 0.249 e. The molecule has 60 valence electrons. The van der Waals surface area contributed by atoms with Gasteiger partial charge in [-0.25, -0.2) is 4.39 Å². The van der Waals surface area contributed by atoms with Gasteiger partial charge < -0.3 is 0 Å². The summed E-state index contributed by atoms with van der Waals surface area (Å²) in [6.07, 6.45) is 0. The summed E-state index contributed by atoms with van der Waals surface area (Å²) in [5.74, 6) is 0. The zero-order valence-electron chi connectivity index (χ0n) is 6.35. The zero-order valence-corrected chi connectivity index (χ0v) is 8.51. The smallest absolute Gasteiger partial charge is 0.108 e. The summed E-state index contributed by atoms with van der Waals surface area (Å²) in [6, 6.07) is 9.70. The fraction of sp³-hybridized carbons (Fsp3) is 0.333. The van der Waals surface area contributed by atoms with Crippen LogP contribution < -0.4 is 0 Å². The van der Waals surface area contributed by atoms with Crippen LogP contribution in [-0.4, -0.2) is 6.67 Å². The number of rotatable bonds is 2. The van der Waals surface area contributed by atoms with E-state index >= 15 is 0 Å². The van der Waals surface area contributed by atoms with Gasteiger partial charge in [0.25, 0.3) is 0 Å². The summed E-state index contributed by atoms with van der Waals surface area (Å²) in [4.78, 5) is 0. The molecule has 0 heterocycles. The topological polar surface area (TPSA) is 0 Å². The minimum absolute atomic E-state index is 0.322. The first-order valence-electron chi connectivity index (χ1n) is 3.47. The molecule has 1 atom stereocenters. The summed E-state index contributed by atoms with van der Waals surface area (Å²) >= 11 is 2.13. The van der Waals surface area contributed by atoms with Crippen molar-refractivity contribution >= 4 is 22.6 Å². The van der Waals surface area contributed by atoms with Crippen LogP contribution in [0, 0.1) is 0 Å². The standard InChI is InChI=1S/C9H10FI/c1-9(11,7-10)8-5-3-2-4-6-8/h2-6H,7H2,1H3. The summed E-state index contributed by atoms with van der Waals surface area (Å²) in [5.41, 5.74) is 1.04. The zero-order chi connectivity index (χ0) is 8.32. The molecule has 0 radical (unpaired) electrons. The van der Waals surface area contributed by atoms with E-state index in [2.05, 4.69) is 22.6 Å². The SMILES string of the molecule is CC(I)(CF)c1ccccc1. The number of hydrogen-bond donors (Lipinski definition) is 0. The van der Waals surface area contributed by atoms with Crippen molar-refractivity contribution in [1.82, 2.24) is 0 Å². The molecule has 0 spiro atoms. The lowest BCUT2D eigenvalue weighted by Gasteiger charge is -2.18. The number of hydrogen-bond acceptors (Lipinski definition) is 0. The molecule has 0 saturated carbocycles. The van der Waals surface area contributed by atoms with Gasteiger partial charge in [0.05, 0.1) is 3.42 Å². The summed E-state index contributed by atoms with van der Waals surface area (Å²) in [5, 5.41) is 0. The monoisotopic (exact) mass is 264 g/mol. The van der Waals surface area contributed by atoms with Crippen molar-refractivity contribution in [2.75, 3.05) is 6.67 Å². The third-order valence-corrected chi connectivity index (χ3v) is 2.54. The van der Waals surface area contributed by atoms with Crippen molar-refractivity contribution in [2.45, 2.75) is 10.3 Å². The predicted octanol–water partition coefficient (Wildman–Crippen LogP) is 3.31. The molecule has 1 unspecified atom stereocenters. The van der Waals surface area contributed by atoms with Crippen LogP contribution in [-0.2, 0) is 3.42 Å². The van der Waals surface area contributed by atoms with Crippen LogP contribution in [0.15, 0.2) is 30.3 Å². The highest BCUT2D eigenvalue weighted by atomic mass is 127. The molecule has 0 aromatic heterocycles. The van der Waals surface area contributed by atoms with Crippen molar-refractivity contribution in [3.8, 4) is 0 Å². The Hall–Kier alpha value is -0.120. The first-order valence-corrected chi connectivity index (χ1v) is 4.55. The third kappa shape index (κ3) is 2.15. The molecule has 0 bridgehead atoms. The highest BCUT2D eigenvalue weighted by Gasteiger charge is 2.21. The molecule has 0 aliphatic heterocycles. The molecule has 0 saturated heterocycles. The highest BCUT2D eigenvalue weighted by molar-refractivity contribution is 14.1. The maximum Gasteiger partial charge on any atom is 0.108 e. The quantitative estimate of drug-likeness (QED) is 0.568. The fourth-order valence-corrected chi connectivity index (χ4v) is 1.22. The van der Waals surface area contributed by atoms with Gasteiger partial charge >= 0.3 is 0 Å². The Morgan fingerprint density at radius 1 is 1.36 bits per heavy atom. The molecule has 1 aromatic rings. The molecule has 1 rings (SSSR count). The van der Waals surface area contributed by atoms with E-state index in [1.54, 1.807) is 0 Å². The maximum absolute atomic E-state index is 12.4. The molecule has 0 aliphatic rings. The Labute approximate surface area is 80.0 Å². The van der Waals surface area contributed by atoms with Gasteiger partial charge in [-0.3, -0.25) is 0 Å². The van der Waals surface area contributed by atoms with Crippen molar-refractivity contribution in [1.29, 1.82) is 0 Å². The summed E-state index contributed by atoms with van der Waals surface area (Å²) in [7, 11) is 0. The molecule has 0 fully saturated rings. The van der Waals surface area contributed by atoms with E-state index in [-0.39, 0.29) is 10.1 Å². The second-order valence-corrected chi connectivity index (χ2v) is 5.08. The van der Waals surface area contributed by atoms with E-state index < -0.39 is 0 Å². The first kappa shape index (κ1) is 8.97. The lowest BCUT2D eigenvalue weighted by atomic mass is 10.0. The van der Waals surface area contributed by atoms with Crippen molar-refractivity contribution < 1.29 is 4.39 Å². The molecule has 0 N–H and O–H groups in total. The lowest BCUT2D eigenvalue weighted by Crippen LogP contribution is -2.14. The van der Waals surface area contributed by atoms with Gasteiger partial charge in [-0.2, -0.15) is 0 Å². The normalized spacial score (nSPS) is 15.9. The van der Waals surface area contributed by atoms with Crippen molar-refractivity contribution in [3.05, 3.63) is 35.9 Å². The molecule has 1 aromatic carbocycles. The van der Waals surface area contributed by atoms with Crippen LogP contribution in [0.4, 0.5) is 4.39 Å². The van der Waals surface area contributed by atoms with Crippen LogP contribution in [0.2, 0.25) is 0 Å². The average Bonchev–Trinajstić information content (AvgIpc) is 2.06. The van der Waals surface area contributed by atoms with Gasteiger partial charge in [0.2, 0.25) is 0 Å². The average molecular weight is 264 g/mol. The van der Waals surface area contributed by atoms with Gasteiger partial charge in [-0.05, 0) is 12.5 Å². The van der Waals surface area contributed by atoms with Crippen LogP contribution >= 0.6 is 22.6 Å². The van der Waals surface area contributed by atoms with Gasteiger partial charge in [0.15, 0.2) is 0 Å². The highest BCUT2D eigenvalue weighted by Crippen LogP contribution is 2.31. The van der Waals surface area contributed by atoms with Gasteiger partial charge in [-0.15, -0.1) is 0 Å². The second-order valence-electron chi connectivity index (χ2n) is 2.70. The van der Waals surface area contributed by atoms with Crippen molar-refractivity contribution in [2.24, 2.45) is 0 Å². The minimum Gasteiger partial charge on any atom is -0.249 e. The maximum atomic E-state index is 12.4. The van der Waals surface area contributed by atoms with Crippen LogP contribution in [0.3, 0.4) is 0 Å². The van der Waals surface area contributed by atoms with Crippen LogP contribution in [0.1, 0.15) is 12.5 Å². The second kappa shape index (κ2) is 3.52. The van der Waals surface area contributed by atoms with E-state index in [1.165, 1.54) is 0 Å². The molecule has 0 amide bonds. The van der Waals surface area contributed by atoms with Gasteiger partial charge in [0.1, 0.15) is 6.67 Å². The first-order chi connectivity index (χ1) is 5.17. The number of benzene rings is 1.